The highest BCUT2D eigenvalue weighted by molar-refractivity contribution is 7.14. The lowest BCUT2D eigenvalue weighted by molar-refractivity contribution is -0.122. The van der Waals surface area contributed by atoms with Crippen LogP contribution in [0.3, 0.4) is 0 Å². The number of piperidine rings is 1. The van der Waals surface area contributed by atoms with Crippen molar-refractivity contribution >= 4 is 39.7 Å². The molecule has 0 saturated carbocycles. The fourth-order valence-corrected chi connectivity index (χ4v) is 5.57. The summed E-state index contributed by atoms with van der Waals surface area (Å²) >= 11 is 1.35. The number of amides is 1. The van der Waals surface area contributed by atoms with E-state index in [1.54, 1.807) is 17.2 Å². The van der Waals surface area contributed by atoms with Gasteiger partial charge in [0.25, 0.3) is 5.91 Å². The molecule has 5 rings (SSSR count). The number of fused-ring (bicyclic) bond motifs is 1. The Morgan fingerprint density at radius 2 is 1.86 bits per heavy atom. The second-order valence-electron chi connectivity index (χ2n) is 8.78. The maximum Gasteiger partial charge on any atom is 0.266 e. The molecule has 0 aliphatic carbocycles. The number of carbonyl (C=O) groups is 3. The Balaban J connectivity index is 1.38. The van der Waals surface area contributed by atoms with Crippen molar-refractivity contribution in [3.05, 3.63) is 82.3 Å². The van der Waals surface area contributed by atoms with Crippen LogP contribution < -0.4 is 0 Å². The molecule has 0 bridgehead atoms. The van der Waals surface area contributed by atoms with Crippen molar-refractivity contribution in [1.29, 1.82) is 0 Å². The van der Waals surface area contributed by atoms with Gasteiger partial charge in [-0.15, -0.1) is 11.3 Å². The highest BCUT2D eigenvalue weighted by Gasteiger charge is 2.34. The van der Waals surface area contributed by atoms with E-state index in [1.165, 1.54) is 11.3 Å². The molecular formula is C28H25N3O3S. The number of likely N-dealkylation sites (tertiary alicyclic amines) is 1. The number of rotatable bonds is 6. The van der Waals surface area contributed by atoms with Crippen molar-refractivity contribution in [3.63, 3.8) is 0 Å². The number of thiazole rings is 1. The van der Waals surface area contributed by atoms with E-state index < -0.39 is 0 Å². The smallest absolute Gasteiger partial charge is 0.266 e. The molecule has 1 unspecified atom stereocenters. The minimum Gasteiger partial charge on any atom is -0.328 e. The summed E-state index contributed by atoms with van der Waals surface area (Å²) in [6.07, 6.45) is 3.45. The molecule has 1 atom stereocenters. The molecule has 2 aromatic carbocycles. The van der Waals surface area contributed by atoms with Crippen molar-refractivity contribution in [2.24, 2.45) is 0 Å². The zero-order chi connectivity index (χ0) is 24.4. The van der Waals surface area contributed by atoms with Gasteiger partial charge in [0, 0.05) is 41.6 Å². The maximum absolute atomic E-state index is 13.7. The molecule has 0 radical (unpaired) electrons. The van der Waals surface area contributed by atoms with E-state index in [1.807, 2.05) is 61.5 Å². The predicted molar refractivity (Wildman–Crippen MR) is 137 cm³/mol. The monoisotopic (exact) mass is 483 g/mol. The Hall–Kier alpha value is -3.71. The van der Waals surface area contributed by atoms with E-state index in [-0.39, 0.29) is 36.5 Å². The van der Waals surface area contributed by atoms with Crippen LogP contribution >= 0.6 is 11.3 Å². The van der Waals surface area contributed by atoms with Crippen LogP contribution in [-0.4, -0.2) is 44.9 Å². The summed E-state index contributed by atoms with van der Waals surface area (Å²) in [5.74, 6) is -0.148. The first-order valence-corrected chi connectivity index (χ1v) is 12.6. The third-order valence-corrected chi connectivity index (χ3v) is 7.38. The third kappa shape index (κ3) is 4.77. The summed E-state index contributed by atoms with van der Waals surface area (Å²) in [5, 5.41) is 1.72. The molecule has 4 aromatic rings. The molecule has 35 heavy (non-hydrogen) atoms. The number of benzene rings is 2. The Kier molecular flexibility index (Phi) is 6.51. The number of ketones is 2. The van der Waals surface area contributed by atoms with Crippen LogP contribution in [0.5, 0.6) is 0 Å². The molecule has 6 nitrogen and oxygen atoms in total. The first-order chi connectivity index (χ1) is 17.0. The van der Waals surface area contributed by atoms with Gasteiger partial charge < -0.3 is 4.90 Å². The van der Waals surface area contributed by atoms with Gasteiger partial charge in [-0.05, 0) is 31.9 Å². The lowest BCUT2D eigenvalue weighted by Gasteiger charge is -2.35. The van der Waals surface area contributed by atoms with Gasteiger partial charge in [-0.25, -0.2) is 4.98 Å². The number of para-hydroxylation sites is 1. The average Bonchev–Trinajstić information content (AvgIpc) is 3.29. The number of nitrogens with zero attached hydrogens (tertiary/aromatic N) is 3. The zero-order valence-electron chi connectivity index (χ0n) is 19.4. The molecule has 1 aliphatic rings. The number of aromatic nitrogens is 2. The van der Waals surface area contributed by atoms with Crippen molar-refractivity contribution in [2.75, 3.05) is 6.54 Å². The Labute approximate surface area is 207 Å². The second-order valence-corrected chi connectivity index (χ2v) is 9.99. The van der Waals surface area contributed by atoms with E-state index in [2.05, 4.69) is 9.97 Å². The molecule has 1 saturated heterocycles. The maximum atomic E-state index is 13.7. The van der Waals surface area contributed by atoms with Gasteiger partial charge in [-0.3, -0.25) is 19.4 Å². The molecule has 0 N–H and O–H groups in total. The highest BCUT2D eigenvalue weighted by atomic mass is 32.1. The number of hydrogen-bond acceptors (Lipinski definition) is 6. The molecule has 0 spiro atoms. The molecule has 2 aromatic heterocycles. The lowest BCUT2D eigenvalue weighted by Crippen LogP contribution is -2.47. The fourth-order valence-electron chi connectivity index (χ4n) is 4.68. The van der Waals surface area contributed by atoms with Gasteiger partial charge >= 0.3 is 0 Å². The van der Waals surface area contributed by atoms with Gasteiger partial charge in [0.2, 0.25) is 0 Å². The molecular weight excluding hydrogens is 458 g/mol. The molecule has 1 fully saturated rings. The van der Waals surface area contributed by atoms with E-state index in [0.717, 1.165) is 16.0 Å². The van der Waals surface area contributed by atoms with Crippen LogP contribution in [0.4, 0.5) is 0 Å². The second kappa shape index (κ2) is 9.88. The summed E-state index contributed by atoms with van der Waals surface area (Å²) < 4.78 is 0. The summed E-state index contributed by atoms with van der Waals surface area (Å²) in [4.78, 5) is 50.4. The van der Waals surface area contributed by atoms with E-state index >= 15 is 0 Å². The summed E-state index contributed by atoms with van der Waals surface area (Å²) in [6.45, 7) is 1.95. The Morgan fingerprint density at radius 3 is 2.69 bits per heavy atom. The van der Waals surface area contributed by atoms with Crippen molar-refractivity contribution in [3.8, 4) is 11.3 Å². The standard InChI is InChI=1S/C28H25N3O3S/c1-18-30-26(20-7-3-2-4-8-20)27(35-18)28(34)31-17-22(32)14-12-21(31)13-15-24(33)23-11-5-9-19-10-6-16-29-25(19)23/h2-11,16,21H,12-15,17H2,1H3. The normalized spacial score (nSPS) is 16.0. The molecule has 176 valence electrons. The van der Waals surface area contributed by atoms with Crippen LogP contribution in [0.2, 0.25) is 0 Å². The first-order valence-electron chi connectivity index (χ1n) is 11.7. The van der Waals surface area contributed by atoms with E-state index in [0.29, 0.717) is 40.9 Å². The average molecular weight is 484 g/mol. The van der Waals surface area contributed by atoms with E-state index in [4.69, 9.17) is 0 Å². The number of pyridine rings is 1. The van der Waals surface area contributed by atoms with Crippen molar-refractivity contribution in [2.45, 2.75) is 38.6 Å². The number of carbonyl (C=O) groups excluding carboxylic acids is 3. The van der Waals surface area contributed by atoms with Crippen LogP contribution in [0.25, 0.3) is 22.2 Å². The first kappa shape index (κ1) is 23.1. The van der Waals surface area contributed by atoms with Gasteiger partial charge in [0.15, 0.2) is 11.6 Å². The van der Waals surface area contributed by atoms with Crippen LogP contribution in [0.15, 0.2) is 66.9 Å². The highest BCUT2D eigenvalue weighted by Crippen LogP contribution is 2.32. The van der Waals surface area contributed by atoms with Crippen molar-refractivity contribution < 1.29 is 14.4 Å². The number of Topliss-reactive ketones (excluding diaryl/α,β-unsaturated/α-hetero) is 2. The number of aryl methyl sites for hydroxylation is 1. The fraction of sp³-hybridized carbons (Fsp3) is 0.250. The number of hydrogen-bond donors (Lipinski definition) is 0. The van der Waals surface area contributed by atoms with Crippen LogP contribution in [0, 0.1) is 6.92 Å². The summed E-state index contributed by atoms with van der Waals surface area (Å²) in [7, 11) is 0. The molecule has 1 aliphatic heterocycles. The van der Waals surface area contributed by atoms with Crippen LogP contribution in [-0.2, 0) is 4.79 Å². The largest absolute Gasteiger partial charge is 0.328 e. The van der Waals surface area contributed by atoms with Crippen LogP contribution in [0.1, 0.15) is 50.7 Å². The molecule has 1 amide bonds. The van der Waals surface area contributed by atoms with Gasteiger partial charge in [0.1, 0.15) is 4.88 Å². The SMILES string of the molecule is Cc1nc(-c2ccccc2)c(C(=O)N2CC(=O)CCC2CCC(=O)c2cccc3cccnc23)s1. The summed E-state index contributed by atoms with van der Waals surface area (Å²) in [5.41, 5.74) is 2.81. The van der Waals surface area contributed by atoms with E-state index in [9.17, 15) is 14.4 Å². The van der Waals surface area contributed by atoms with Gasteiger partial charge in [-0.2, -0.15) is 0 Å². The molecule has 7 heteroatoms. The minimum absolute atomic E-state index is 0.00258. The predicted octanol–water partition coefficient (Wildman–Crippen LogP) is 5.50. The van der Waals surface area contributed by atoms with Gasteiger partial charge in [0.05, 0.1) is 22.8 Å². The molecule has 3 heterocycles. The quantitative estimate of drug-likeness (QED) is 0.338. The lowest BCUT2D eigenvalue weighted by atomic mass is 9.94. The minimum atomic E-state index is -0.188. The Morgan fingerprint density at radius 1 is 1.06 bits per heavy atom. The zero-order valence-corrected chi connectivity index (χ0v) is 20.3. The summed E-state index contributed by atoms with van der Waals surface area (Å²) in [6, 6.07) is 18.8. The third-order valence-electron chi connectivity index (χ3n) is 6.42. The van der Waals surface area contributed by atoms with Gasteiger partial charge in [-0.1, -0.05) is 48.5 Å². The Bertz CT molecular complexity index is 1410. The van der Waals surface area contributed by atoms with Crippen molar-refractivity contribution in [1.82, 2.24) is 14.9 Å². The topological polar surface area (TPSA) is 80.2 Å².